The summed E-state index contributed by atoms with van der Waals surface area (Å²) < 4.78 is 15.5. The van der Waals surface area contributed by atoms with Crippen molar-refractivity contribution in [2.75, 3.05) is 0 Å². The van der Waals surface area contributed by atoms with E-state index in [1.165, 1.54) is 12.1 Å². The van der Waals surface area contributed by atoms with Crippen molar-refractivity contribution in [2.24, 2.45) is 0 Å². The summed E-state index contributed by atoms with van der Waals surface area (Å²) in [5.41, 5.74) is 0.897. The zero-order valence-corrected chi connectivity index (χ0v) is 9.12. The Morgan fingerprint density at radius 2 is 1.93 bits per heavy atom. The Balaban J connectivity index is 2.54. The van der Waals surface area contributed by atoms with Crippen molar-refractivity contribution in [3.63, 3.8) is 0 Å². The first-order chi connectivity index (χ1) is 6.68. The fourth-order valence-electron chi connectivity index (χ4n) is 1.32. The van der Waals surface area contributed by atoms with Crippen molar-refractivity contribution in [1.29, 1.82) is 0 Å². The minimum Gasteiger partial charge on any atom is -0.291 e. The zero-order valence-electron chi connectivity index (χ0n) is 7.54. The average Bonchev–Trinajstić information content (AvgIpc) is 2.49. The summed E-state index contributed by atoms with van der Waals surface area (Å²) in [4.78, 5) is 4.14. The molecular formula is C10H8BrFN2. The van der Waals surface area contributed by atoms with Gasteiger partial charge in [0.25, 0.3) is 0 Å². The van der Waals surface area contributed by atoms with Gasteiger partial charge in [0.05, 0.1) is 6.20 Å². The number of aromatic nitrogens is 2. The molecule has 0 aliphatic carbocycles. The highest BCUT2D eigenvalue weighted by Gasteiger charge is 2.05. The molecule has 1 heterocycles. The van der Waals surface area contributed by atoms with E-state index in [9.17, 15) is 4.39 Å². The van der Waals surface area contributed by atoms with Crippen LogP contribution in [0.2, 0.25) is 0 Å². The van der Waals surface area contributed by atoms with Crippen LogP contribution in [-0.2, 0) is 0 Å². The van der Waals surface area contributed by atoms with Gasteiger partial charge >= 0.3 is 0 Å². The molecule has 2 rings (SSSR count). The lowest BCUT2D eigenvalue weighted by molar-refractivity contribution is 0.627. The summed E-state index contributed by atoms with van der Waals surface area (Å²) in [7, 11) is 0. The van der Waals surface area contributed by atoms with Gasteiger partial charge in [0, 0.05) is 5.69 Å². The number of hydrogen-bond acceptors (Lipinski definition) is 1. The molecule has 0 aliphatic rings. The van der Waals surface area contributed by atoms with E-state index >= 15 is 0 Å². The van der Waals surface area contributed by atoms with Crippen LogP contribution in [0.3, 0.4) is 0 Å². The molecule has 1 aromatic heterocycles. The van der Waals surface area contributed by atoms with Crippen molar-refractivity contribution >= 4 is 15.9 Å². The van der Waals surface area contributed by atoms with Crippen LogP contribution >= 0.6 is 15.9 Å². The summed E-state index contributed by atoms with van der Waals surface area (Å²) >= 11 is 3.38. The summed E-state index contributed by atoms with van der Waals surface area (Å²) in [6, 6.07) is 6.30. The maximum Gasteiger partial charge on any atom is 0.123 e. The molecule has 2 aromatic rings. The second kappa shape index (κ2) is 3.53. The molecule has 0 spiro atoms. The average molecular weight is 255 g/mol. The predicted molar refractivity (Wildman–Crippen MR) is 56.0 cm³/mol. The van der Waals surface area contributed by atoms with E-state index in [1.54, 1.807) is 18.3 Å². The molecule has 72 valence electrons. The molecular weight excluding hydrogens is 247 g/mol. The Morgan fingerprint density at radius 1 is 1.29 bits per heavy atom. The summed E-state index contributed by atoms with van der Waals surface area (Å²) in [5, 5.41) is 0. The Kier molecular flexibility index (Phi) is 2.37. The zero-order chi connectivity index (χ0) is 10.1. The molecule has 0 fully saturated rings. The molecule has 0 bridgehead atoms. The molecule has 1 aromatic carbocycles. The maximum atomic E-state index is 12.7. The molecule has 0 saturated heterocycles. The van der Waals surface area contributed by atoms with E-state index < -0.39 is 0 Å². The molecule has 14 heavy (non-hydrogen) atoms. The third-order valence-corrected chi connectivity index (χ3v) is 2.54. The smallest absolute Gasteiger partial charge is 0.123 e. The lowest BCUT2D eigenvalue weighted by Gasteiger charge is -2.05. The first-order valence-corrected chi connectivity index (χ1v) is 4.93. The number of halogens is 2. The maximum absolute atomic E-state index is 12.7. The van der Waals surface area contributed by atoms with E-state index in [1.807, 2.05) is 11.5 Å². The monoisotopic (exact) mass is 254 g/mol. The van der Waals surface area contributed by atoms with Crippen LogP contribution in [0.15, 0.2) is 35.1 Å². The standard InChI is InChI=1S/C10H8BrFN2/c1-7-13-6-10(11)14(7)9-4-2-8(12)3-5-9/h2-6H,1H3. The van der Waals surface area contributed by atoms with Gasteiger partial charge in [-0.1, -0.05) is 0 Å². The van der Waals surface area contributed by atoms with Crippen molar-refractivity contribution < 1.29 is 4.39 Å². The first-order valence-electron chi connectivity index (χ1n) is 4.14. The third-order valence-electron chi connectivity index (χ3n) is 1.98. The molecule has 0 radical (unpaired) electrons. The minimum atomic E-state index is -0.234. The fraction of sp³-hybridized carbons (Fsp3) is 0.100. The van der Waals surface area contributed by atoms with Crippen LogP contribution < -0.4 is 0 Å². The fourth-order valence-corrected chi connectivity index (χ4v) is 1.88. The van der Waals surface area contributed by atoms with Crippen LogP contribution in [0.25, 0.3) is 5.69 Å². The van der Waals surface area contributed by atoms with Crippen molar-refractivity contribution in [3.05, 3.63) is 46.7 Å². The first kappa shape index (κ1) is 9.40. The Hall–Kier alpha value is -1.16. The number of aryl methyl sites for hydroxylation is 1. The SMILES string of the molecule is Cc1ncc(Br)n1-c1ccc(F)cc1. The molecule has 4 heteroatoms. The molecule has 0 atom stereocenters. The normalized spacial score (nSPS) is 10.5. The molecule has 2 nitrogen and oxygen atoms in total. The van der Waals surface area contributed by atoms with Gasteiger partial charge < -0.3 is 0 Å². The van der Waals surface area contributed by atoms with Crippen molar-refractivity contribution in [3.8, 4) is 5.69 Å². The number of benzene rings is 1. The third kappa shape index (κ3) is 1.57. The van der Waals surface area contributed by atoms with Gasteiger partial charge in [0.2, 0.25) is 0 Å². The van der Waals surface area contributed by atoms with Crippen molar-refractivity contribution in [2.45, 2.75) is 6.92 Å². The number of rotatable bonds is 1. The Morgan fingerprint density at radius 3 is 2.43 bits per heavy atom. The topological polar surface area (TPSA) is 17.8 Å². The highest BCUT2D eigenvalue weighted by molar-refractivity contribution is 9.10. The van der Waals surface area contributed by atoms with Gasteiger partial charge in [-0.3, -0.25) is 4.57 Å². The summed E-state index contributed by atoms with van der Waals surface area (Å²) in [6.45, 7) is 1.90. The predicted octanol–water partition coefficient (Wildman–Crippen LogP) is 3.08. The van der Waals surface area contributed by atoms with Gasteiger partial charge in [-0.05, 0) is 47.1 Å². The van der Waals surface area contributed by atoms with Gasteiger partial charge in [0.1, 0.15) is 16.2 Å². The highest BCUT2D eigenvalue weighted by atomic mass is 79.9. The Labute approximate surface area is 89.5 Å². The second-order valence-electron chi connectivity index (χ2n) is 2.94. The quantitative estimate of drug-likeness (QED) is 0.765. The molecule has 0 aliphatic heterocycles. The number of imidazole rings is 1. The van der Waals surface area contributed by atoms with E-state index in [-0.39, 0.29) is 5.82 Å². The second-order valence-corrected chi connectivity index (χ2v) is 3.75. The molecule has 0 N–H and O–H groups in total. The van der Waals surface area contributed by atoms with E-state index in [0.29, 0.717) is 0 Å². The van der Waals surface area contributed by atoms with Crippen LogP contribution in [-0.4, -0.2) is 9.55 Å². The highest BCUT2D eigenvalue weighted by Crippen LogP contribution is 2.19. The largest absolute Gasteiger partial charge is 0.291 e. The van der Waals surface area contributed by atoms with Crippen LogP contribution in [0, 0.1) is 12.7 Å². The van der Waals surface area contributed by atoms with Gasteiger partial charge in [-0.25, -0.2) is 9.37 Å². The Bertz CT molecular complexity index is 428. The summed E-state index contributed by atoms with van der Waals surface area (Å²) in [6.07, 6.45) is 1.72. The van der Waals surface area contributed by atoms with Gasteiger partial charge in [0.15, 0.2) is 0 Å². The number of hydrogen-bond donors (Lipinski definition) is 0. The van der Waals surface area contributed by atoms with Crippen LogP contribution in [0.1, 0.15) is 5.82 Å². The minimum absolute atomic E-state index is 0.234. The lowest BCUT2D eigenvalue weighted by Crippen LogP contribution is -1.96. The van der Waals surface area contributed by atoms with E-state index in [4.69, 9.17) is 0 Å². The molecule has 0 unspecified atom stereocenters. The number of nitrogens with zero attached hydrogens (tertiary/aromatic N) is 2. The van der Waals surface area contributed by atoms with Crippen molar-refractivity contribution in [1.82, 2.24) is 9.55 Å². The molecule has 0 amide bonds. The van der Waals surface area contributed by atoms with Crippen LogP contribution in [0.5, 0.6) is 0 Å². The van der Waals surface area contributed by atoms with Gasteiger partial charge in [-0.2, -0.15) is 0 Å². The lowest BCUT2D eigenvalue weighted by atomic mass is 10.3. The van der Waals surface area contributed by atoms with Gasteiger partial charge in [-0.15, -0.1) is 0 Å². The summed E-state index contributed by atoms with van der Waals surface area (Å²) in [5.74, 6) is 0.631. The van der Waals surface area contributed by atoms with E-state index in [2.05, 4.69) is 20.9 Å². The molecule has 0 saturated carbocycles. The van der Waals surface area contributed by atoms with Crippen LogP contribution in [0.4, 0.5) is 4.39 Å². The van der Waals surface area contributed by atoms with E-state index in [0.717, 1.165) is 16.1 Å².